The summed E-state index contributed by atoms with van der Waals surface area (Å²) in [6.45, 7) is 12.7. The van der Waals surface area contributed by atoms with Crippen LogP contribution in [0.2, 0.25) is 0 Å². The summed E-state index contributed by atoms with van der Waals surface area (Å²) in [5.74, 6) is 0.875. The topological polar surface area (TPSA) is 79.8 Å². The fourth-order valence-electron chi connectivity index (χ4n) is 3.34. The zero-order valence-corrected chi connectivity index (χ0v) is 17.5. The lowest BCUT2D eigenvalue weighted by Gasteiger charge is -2.32. The maximum atomic E-state index is 12.8. The van der Waals surface area contributed by atoms with E-state index in [9.17, 15) is 9.90 Å². The molecule has 0 radical (unpaired) electrons. The van der Waals surface area contributed by atoms with Crippen LogP contribution in [0, 0.1) is 11.3 Å². The molecule has 0 saturated carbocycles. The van der Waals surface area contributed by atoms with E-state index < -0.39 is 5.54 Å². The molecule has 1 fully saturated rings. The Bertz CT molecular complexity index is 587. The summed E-state index contributed by atoms with van der Waals surface area (Å²) in [4.78, 5) is 12.8. The molecule has 0 bridgehead atoms. The number of carbonyl (C=O) groups excluding carboxylic acids is 1. The molecular weight excluding hydrogens is 344 g/mol. The van der Waals surface area contributed by atoms with E-state index in [-0.39, 0.29) is 17.9 Å². The van der Waals surface area contributed by atoms with Gasteiger partial charge in [0.2, 0.25) is 5.91 Å². The first kappa shape index (κ1) is 21.9. The smallest absolute Gasteiger partial charge is 0.246 e. The van der Waals surface area contributed by atoms with Gasteiger partial charge in [-0.25, -0.2) is 0 Å². The lowest BCUT2D eigenvalue weighted by atomic mass is 9.80. The van der Waals surface area contributed by atoms with Crippen LogP contribution in [0.5, 0.6) is 0 Å². The Morgan fingerprint density at radius 3 is 2.52 bits per heavy atom. The van der Waals surface area contributed by atoms with E-state index in [0.717, 1.165) is 50.2 Å². The lowest BCUT2D eigenvalue weighted by molar-refractivity contribution is -0.126. The van der Waals surface area contributed by atoms with Gasteiger partial charge in [-0.15, -0.1) is 0 Å². The Balaban J connectivity index is 2.01. The number of aliphatic hydroxyl groups is 1. The molecule has 2 rings (SSSR count). The third-order valence-electron chi connectivity index (χ3n) is 5.59. The van der Waals surface area contributed by atoms with Crippen LogP contribution in [0.1, 0.15) is 53.9 Å². The molecule has 3 N–H and O–H groups in total. The first-order chi connectivity index (χ1) is 12.7. The second-order valence-electron chi connectivity index (χ2n) is 8.73. The van der Waals surface area contributed by atoms with Crippen molar-refractivity contribution in [3.8, 4) is 0 Å². The SMILES string of the molecule is CCC1=C(C(C)(C)CO)C=C(NC(=O)C(C)(C)NCC2CCOCC2)OC1. The average Bonchev–Trinajstić information content (AvgIpc) is 2.67. The van der Waals surface area contributed by atoms with Crippen molar-refractivity contribution in [3.63, 3.8) is 0 Å². The van der Waals surface area contributed by atoms with Crippen molar-refractivity contribution in [1.82, 2.24) is 10.6 Å². The monoisotopic (exact) mass is 380 g/mol. The average molecular weight is 381 g/mol. The third kappa shape index (κ3) is 5.80. The quantitative estimate of drug-likeness (QED) is 0.603. The highest BCUT2D eigenvalue weighted by atomic mass is 16.5. The molecule has 1 amide bonds. The Kier molecular flexibility index (Phi) is 7.48. The number of hydrogen-bond acceptors (Lipinski definition) is 5. The van der Waals surface area contributed by atoms with Crippen LogP contribution in [-0.2, 0) is 14.3 Å². The van der Waals surface area contributed by atoms with E-state index in [4.69, 9.17) is 9.47 Å². The van der Waals surface area contributed by atoms with E-state index in [1.807, 2.05) is 33.8 Å². The van der Waals surface area contributed by atoms with Crippen LogP contribution in [0.4, 0.5) is 0 Å². The van der Waals surface area contributed by atoms with Crippen molar-refractivity contribution in [2.75, 3.05) is 33.0 Å². The van der Waals surface area contributed by atoms with Crippen LogP contribution in [0.15, 0.2) is 23.1 Å². The maximum absolute atomic E-state index is 12.8. The van der Waals surface area contributed by atoms with Gasteiger partial charge in [-0.2, -0.15) is 0 Å². The van der Waals surface area contributed by atoms with E-state index in [2.05, 4.69) is 17.6 Å². The van der Waals surface area contributed by atoms with Crippen LogP contribution in [-0.4, -0.2) is 49.5 Å². The van der Waals surface area contributed by atoms with Gasteiger partial charge in [0.1, 0.15) is 6.61 Å². The highest BCUT2D eigenvalue weighted by Gasteiger charge is 2.32. The van der Waals surface area contributed by atoms with Gasteiger partial charge in [0.05, 0.1) is 12.1 Å². The number of rotatable bonds is 8. The van der Waals surface area contributed by atoms with Gasteiger partial charge in [-0.3, -0.25) is 10.1 Å². The zero-order chi connectivity index (χ0) is 20.1. The lowest BCUT2D eigenvalue weighted by Crippen LogP contribution is -2.54. The summed E-state index contributed by atoms with van der Waals surface area (Å²) in [5.41, 5.74) is 1.12. The number of carbonyl (C=O) groups is 1. The minimum absolute atomic E-state index is 0.0434. The molecule has 2 aliphatic rings. The van der Waals surface area contributed by atoms with Crippen molar-refractivity contribution >= 4 is 5.91 Å². The zero-order valence-electron chi connectivity index (χ0n) is 17.5. The fourth-order valence-corrected chi connectivity index (χ4v) is 3.34. The van der Waals surface area contributed by atoms with Crippen molar-refractivity contribution in [2.24, 2.45) is 11.3 Å². The number of hydrogen-bond donors (Lipinski definition) is 3. The van der Waals surface area contributed by atoms with E-state index in [0.29, 0.717) is 18.4 Å². The van der Waals surface area contributed by atoms with Crippen LogP contribution in [0.25, 0.3) is 0 Å². The third-order valence-corrected chi connectivity index (χ3v) is 5.59. The predicted molar refractivity (Wildman–Crippen MR) is 106 cm³/mol. The van der Waals surface area contributed by atoms with Crippen LogP contribution < -0.4 is 10.6 Å². The number of nitrogens with one attached hydrogen (secondary N) is 2. The Morgan fingerprint density at radius 1 is 1.26 bits per heavy atom. The summed E-state index contributed by atoms with van der Waals surface area (Å²) < 4.78 is 11.1. The predicted octanol–water partition coefficient (Wildman–Crippen LogP) is 2.49. The van der Waals surface area contributed by atoms with Gasteiger partial charge < -0.3 is 19.9 Å². The number of allylic oxidation sites excluding steroid dienone is 1. The van der Waals surface area contributed by atoms with Crippen molar-refractivity contribution in [2.45, 2.75) is 59.4 Å². The Morgan fingerprint density at radius 2 is 1.93 bits per heavy atom. The molecule has 6 nitrogen and oxygen atoms in total. The number of aliphatic hydroxyl groups excluding tert-OH is 1. The van der Waals surface area contributed by atoms with Gasteiger partial charge in [-0.05, 0) is 56.7 Å². The molecule has 0 aromatic rings. The molecular formula is C21H36N2O4. The molecule has 0 aromatic carbocycles. The van der Waals surface area contributed by atoms with Crippen molar-refractivity contribution in [3.05, 3.63) is 23.1 Å². The Hall–Kier alpha value is -1.37. The maximum Gasteiger partial charge on any atom is 0.246 e. The summed E-state index contributed by atoms with van der Waals surface area (Å²) in [5, 5.41) is 16.0. The van der Waals surface area contributed by atoms with Gasteiger partial charge in [0.25, 0.3) is 0 Å². The van der Waals surface area contributed by atoms with E-state index in [1.54, 1.807) is 0 Å². The summed E-state index contributed by atoms with van der Waals surface area (Å²) in [7, 11) is 0. The summed E-state index contributed by atoms with van der Waals surface area (Å²) in [6.07, 6.45) is 4.78. The summed E-state index contributed by atoms with van der Waals surface area (Å²) in [6, 6.07) is 0. The van der Waals surface area contributed by atoms with Gasteiger partial charge >= 0.3 is 0 Å². The minimum Gasteiger partial charge on any atom is -0.474 e. The highest BCUT2D eigenvalue weighted by Crippen LogP contribution is 2.34. The molecule has 0 aliphatic carbocycles. The second-order valence-corrected chi connectivity index (χ2v) is 8.73. The normalized spacial score (nSPS) is 19.6. The molecule has 2 heterocycles. The largest absolute Gasteiger partial charge is 0.474 e. The molecule has 0 aromatic heterocycles. The molecule has 27 heavy (non-hydrogen) atoms. The molecule has 2 aliphatic heterocycles. The molecule has 6 heteroatoms. The molecule has 0 unspecified atom stereocenters. The molecule has 1 saturated heterocycles. The highest BCUT2D eigenvalue weighted by molar-refractivity contribution is 5.86. The first-order valence-corrected chi connectivity index (χ1v) is 10.0. The number of amides is 1. The molecule has 0 spiro atoms. The van der Waals surface area contributed by atoms with Crippen molar-refractivity contribution < 1.29 is 19.4 Å². The van der Waals surface area contributed by atoms with E-state index >= 15 is 0 Å². The van der Waals surface area contributed by atoms with E-state index in [1.165, 1.54) is 0 Å². The van der Waals surface area contributed by atoms with Crippen LogP contribution in [0.3, 0.4) is 0 Å². The van der Waals surface area contributed by atoms with Gasteiger partial charge in [0.15, 0.2) is 5.88 Å². The summed E-state index contributed by atoms with van der Waals surface area (Å²) >= 11 is 0. The van der Waals surface area contributed by atoms with Crippen LogP contribution >= 0.6 is 0 Å². The van der Waals surface area contributed by atoms with Gasteiger partial charge in [-0.1, -0.05) is 20.8 Å². The van der Waals surface area contributed by atoms with Crippen molar-refractivity contribution in [1.29, 1.82) is 0 Å². The standard InChI is InChI=1S/C21H36N2O4/c1-6-16-13-27-18(11-17(16)20(2,3)14-24)23-19(25)21(4,5)22-12-15-7-9-26-10-8-15/h11,15,22,24H,6-10,12-14H2,1-5H3,(H,23,25). The fraction of sp³-hybridized carbons (Fsp3) is 0.762. The molecule has 154 valence electrons. The Labute approximate surface area is 163 Å². The molecule has 0 atom stereocenters. The first-order valence-electron chi connectivity index (χ1n) is 10.0. The second kappa shape index (κ2) is 9.22. The minimum atomic E-state index is -0.704. The number of ether oxygens (including phenoxy) is 2. The van der Waals surface area contributed by atoms with Gasteiger partial charge in [0, 0.05) is 24.7 Å².